The molecule has 1 aliphatic carbocycles. The van der Waals surface area contributed by atoms with Gasteiger partial charge in [-0.1, -0.05) is 30.3 Å². The van der Waals surface area contributed by atoms with E-state index in [-0.39, 0.29) is 28.4 Å². The van der Waals surface area contributed by atoms with Crippen molar-refractivity contribution in [3.63, 3.8) is 0 Å². The number of pyridine rings is 1. The predicted octanol–water partition coefficient (Wildman–Crippen LogP) is 3.58. The van der Waals surface area contributed by atoms with Gasteiger partial charge >= 0.3 is 0 Å². The SMILES string of the molecule is CCn1cc(C#N)c(=O)c2c(N)c(F)c(N[C@@H]3C[C@H]3c3ccccc3)cc21. The van der Waals surface area contributed by atoms with E-state index in [0.717, 1.165) is 6.42 Å². The van der Waals surface area contributed by atoms with Gasteiger partial charge in [0.1, 0.15) is 11.6 Å². The fourth-order valence-corrected chi connectivity index (χ4v) is 3.62. The van der Waals surface area contributed by atoms with Crippen LogP contribution in [0, 0.1) is 17.1 Å². The topological polar surface area (TPSA) is 83.8 Å². The summed E-state index contributed by atoms with van der Waals surface area (Å²) in [5, 5.41) is 12.5. The second-order valence-corrected chi connectivity index (χ2v) is 6.82. The van der Waals surface area contributed by atoms with Crippen LogP contribution in [0.5, 0.6) is 0 Å². The van der Waals surface area contributed by atoms with Gasteiger partial charge in [0.25, 0.3) is 0 Å². The van der Waals surface area contributed by atoms with Gasteiger partial charge in [-0.2, -0.15) is 5.26 Å². The number of nitrogen functional groups attached to an aromatic ring is 1. The molecule has 0 bridgehead atoms. The van der Waals surface area contributed by atoms with Gasteiger partial charge in [-0.3, -0.25) is 4.79 Å². The lowest BCUT2D eigenvalue weighted by Gasteiger charge is -2.15. The number of nitrogens with zero attached hydrogens (tertiary/aromatic N) is 2. The average Bonchev–Trinajstić information content (AvgIpc) is 3.46. The van der Waals surface area contributed by atoms with Crippen molar-refractivity contribution in [2.45, 2.75) is 31.8 Å². The molecule has 0 radical (unpaired) electrons. The molecule has 0 amide bonds. The minimum absolute atomic E-state index is 0.0394. The van der Waals surface area contributed by atoms with E-state index in [2.05, 4.69) is 17.4 Å². The molecule has 136 valence electrons. The van der Waals surface area contributed by atoms with E-state index < -0.39 is 11.2 Å². The van der Waals surface area contributed by atoms with Crippen LogP contribution in [0.25, 0.3) is 10.9 Å². The summed E-state index contributed by atoms with van der Waals surface area (Å²) in [6.07, 6.45) is 2.41. The molecular formula is C21H19FN4O. The van der Waals surface area contributed by atoms with Crippen molar-refractivity contribution in [2.75, 3.05) is 11.1 Å². The van der Waals surface area contributed by atoms with Crippen molar-refractivity contribution in [1.29, 1.82) is 5.26 Å². The van der Waals surface area contributed by atoms with Crippen LogP contribution in [0.2, 0.25) is 0 Å². The Morgan fingerprint density at radius 2 is 2.11 bits per heavy atom. The number of anilines is 2. The first-order valence-corrected chi connectivity index (χ1v) is 8.91. The standard InChI is InChI=1S/C21H19FN4O/c1-2-26-11-13(10-23)21(27)18-17(26)9-16(19(22)20(18)24)25-15-8-14(15)12-6-4-3-5-7-12/h3-7,9,11,14-15,25H,2,8,24H2,1H3/t14-,15+/m0/s1. The fraction of sp³-hybridized carbons (Fsp3) is 0.238. The summed E-state index contributed by atoms with van der Waals surface area (Å²) in [5.41, 5.74) is 7.22. The number of rotatable bonds is 4. The van der Waals surface area contributed by atoms with Crippen LogP contribution >= 0.6 is 0 Å². The van der Waals surface area contributed by atoms with E-state index in [4.69, 9.17) is 11.0 Å². The second kappa shape index (κ2) is 6.44. The Hall–Kier alpha value is -3.33. The molecule has 3 N–H and O–H groups in total. The van der Waals surface area contributed by atoms with Crippen LogP contribution in [0.3, 0.4) is 0 Å². The largest absolute Gasteiger partial charge is 0.396 e. The Labute approximate surface area is 155 Å². The highest BCUT2D eigenvalue weighted by atomic mass is 19.1. The summed E-state index contributed by atoms with van der Waals surface area (Å²) in [5.74, 6) is -0.312. The lowest BCUT2D eigenvalue weighted by Crippen LogP contribution is -2.16. The lowest BCUT2D eigenvalue weighted by molar-refractivity contribution is 0.635. The van der Waals surface area contributed by atoms with Crippen molar-refractivity contribution in [3.8, 4) is 6.07 Å². The highest BCUT2D eigenvalue weighted by Crippen LogP contribution is 2.43. The summed E-state index contributed by atoms with van der Waals surface area (Å²) < 4.78 is 16.6. The smallest absolute Gasteiger partial charge is 0.209 e. The molecule has 27 heavy (non-hydrogen) atoms. The molecule has 3 aromatic rings. The number of fused-ring (bicyclic) bond motifs is 1. The number of hydrogen-bond donors (Lipinski definition) is 2. The first-order chi connectivity index (χ1) is 13.0. The van der Waals surface area contributed by atoms with E-state index in [0.29, 0.717) is 18.0 Å². The summed E-state index contributed by atoms with van der Waals surface area (Å²) in [6.45, 7) is 2.43. The normalized spacial score (nSPS) is 18.3. The second-order valence-electron chi connectivity index (χ2n) is 6.82. The van der Waals surface area contributed by atoms with Gasteiger partial charge in [0, 0.05) is 24.7 Å². The molecule has 0 unspecified atom stereocenters. The maximum Gasteiger partial charge on any atom is 0.209 e. The van der Waals surface area contributed by atoms with Gasteiger partial charge < -0.3 is 15.6 Å². The molecule has 0 spiro atoms. The number of halogens is 1. The summed E-state index contributed by atoms with van der Waals surface area (Å²) >= 11 is 0. The Kier molecular flexibility index (Phi) is 4.08. The number of hydrogen-bond acceptors (Lipinski definition) is 4. The van der Waals surface area contributed by atoms with Crippen LogP contribution in [-0.2, 0) is 6.54 Å². The predicted molar refractivity (Wildman–Crippen MR) is 104 cm³/mol. The molecule has 1 aromatic heterocycles. The Balaban J connectivity index is 1.76. The van der Waals surface area contributed by atoms with Crippen LogP contribution in [-0.4, -0.2) is 10.6 Å². The van der Waals surface area contributed by atoms with E-state index >= 15 is 0 Å². The molecule has 1 fully saturated rings. The number of benzene rings is 2. The number of aryl methyl sites for hydroxylation is 1. The van der Waals surface area contributed by atoms with Gasteiger partial charge in [-0.15, -0.1) is 0 Å². The Morgan fingerprint density at radius 1 is 1.37 bits per heavy atom. The van der Waals surface area contributed by atoms with E-state index in [1.807, 2.05) is 31.2 Å². The minimum atomic E-state index is -0.643. The van der Waals surface area contributed by atoms with Crippen molar-refractivity contribution in [3.05, 3.63) is 69.8 Å². The highest BCUT2D eigenvalue weighted by Gasteiger charge is 2.38. The van der Waals surface area contributed by atoms with Gasteiger partial charge in [0.2, 0.25) is 5.43 Å². The molecule has 2 aromatic carbocycles. The number of nitrogens with one attached hydrogen (secondary N) is 1. The number of aromatic nitrogens is 1. The molecule has 1 heterocycles. The average molecular weight is 362 g/mol. The van der Waals surface area contributed by atoms with Crippen molar-refractivity contribution < 1.29 is 4.39 Å². The lowest BCUT2D eigenvalue weighted by atomic mass is 10.1. The van der Waals surface area contributed by atoms with Crippen molar-refractivity contribution >= 4 is 22.3 Å². The number of nitrogens with two attached hydrogens (primary N) is 1. The molecular weight excluding hydrogens is 343 g/mol. The molecule has 0 saturated heterocycles. The Bertz CT molecular complexity index is 1130. The monoisotopic (exact) mass is 362 g/mol. The first-order valence-electron chi connectivity index (χ1n) is 8.91. The third kappa shape index (κ3) is 2.81. The fourth-order valence-electron chi connectivity index (χ4n) is 3.62. The molecule has 1 aliphatic rings. The molecule has 4 rings (SSSR count). The summed E-state index contributed by atoms with van der Waals surface area (Å²) in [6, 6.07) is 13.7. The zero-order chi connectivity index (χ0) is 19.1. The molecule has 2 atom stereocenters. The number of nitriles is 1. The molecule has 5 nitrogen and oxygen atoms in total. The van der Waals surface area contributed by atoms with Gasteiger partial charge in [-0.05, 0) is 25.0 Å². The molecule has 0 aliphatic heterocycles. The van der Waals surface area contributed by atoms with Gasteiger partial charge in [-0.25, -0.2) is 4.39 Å². The van der Waals surface area contributed by atoms with Crippen LogP contribution in [0.15, 0.2) is 47.4 Å². The first kappa shape index (κ1) is 17.1. The van der Waals surface area contributed by atoms with Crippen molar-refractivity contribution in [1.82, 2.24) is 4.57 Å². The molecule has 6 heteroatoms. The molecule has 1 saturated carbocycles. The zero-order valence-corrected chi connectivity index (χ0v) is 14.9. The van der Waals surface area contributed by atoms with E-state index in [9.17, 15) is 9.18 Å². The van der Waals surface area contributed by atoms with E-state index in [1.54, 1.807) is 10.6 Å². The highest BCUT2D eigenvalue weighted by molar-refractivity contribution is 5.95. The van der Waals surface area contributed by atoms with E-state index in [1.165, 1.54) is 11.8 Å². The Morgan fingerprint density at radius 3 is 2.78 bits per heavy atom. The summed E-state index contributed by atoms with van der Waals surface area (Å²) in [7, 11) is 0. The third-order valence-corrected chi connectivity index (χ3v) is 5.17. The zero-order valence-electron chi connectivity index (χ0n) is 14.9. The van der Waals surface area contributed by atoms with Gasteiger partial charge in [0.15, 0.2) is 5.82 Å². The maximum atomic E-state index is 14.9. The van der Waals surface area contributed by atoms with Crippen LogP contribution < -0.4 is 16.5 Å². The third-order valence-electron chi connectivity index (χ3n) is 5.17. The maximum absolute atomic E-state index is 14.9. The van der Waals surface area contributed by atoms with Crippen LogP contribution in [0.1, 0.15) is 30.4 Å². The quantitative estimate of drug-likeness (QED) is 0.695. The van der Waals surface area contributed by atoms with Crippen LogP contribution in [0.4, 0.5) is 15.8 Å². The summed E-state index contributed by atoms with van der Waals surface area (Å²) in [4.78, 5) is 12.5. The minimum Gasteiger partial charge on any atom is -0.396 e. The van der Waals surface area contributed by atoms with Crippen molar-refractivity contribution in [2.24, 2.45) is 0 Å². The van der Waals surface area contributed by atoms with Gasteiger partial charge in [0.05, 0.1) is 22.3 Å².